The molecule has 3 aliphatic heterocycles. The van der Waals surface area contributed by atoms with Gasteiger partial charge in [0.2, 0.25) is 11.8 Å². The largest absolute Gasteiger partial charge is 0.274 e. The van der Waals surface area contributed by atoms with E-state index in [2.05, 4.69) is 0 Å². The smallest absolute Gasteiger partial charge is 0.259 e. The molecule has 26 heavy (non-hydrogen) atoms. The third-order valence-corrected chi connectivity index (χ3v) is 6.04. The van der Waals surface area contributed by atoms with Crippen LogP contribution in [-0.4, -0.2) is 45.4 Å². The van der Waals surface area contributed by atoms with Crippen LogP contribution < -0.4 is 4.90 Å². The van der Waals surface area contributed by atoms with Crippen molar-refractivity contribution in [1.29, 1.82) is 0 Å². The molecule has 0 N–H and O–H groups in total. The van der Waals surface area contributed by atoms with Gasteiger partial charge in [-0.1, -0.05) is 17.7 Å². The van der Waals surface area contributed by atoms with Gasteiger partial charge in [-0.2, -0.15) is 0 Å². The summed E-state index contributed by atoms with van der Waals surface area (Å²) in [6.07, 6.45) is 0.366. The van der Waals surface area contributed by atoms with Crippen LogP contribution in [0.2, 0.25) is 0 Å². The zero-order valence-corrected chi connectivity index (χ0v) is 16.2. The minimum Gasteiger partial charge on any atom is -0.274 e. The monoisotopic (exact) mass is 355 g/mol. The Labute approximate surface area is 153 Å². The van der Waals surface area contributed by atoms with Gasteiger partial charge >= 0.3 is 0 Å². The number of rotatable bonds is 1. The average Bonchev–Trinajstić information content (AvgIpc) is 3.03. The van der Waals surface area contributed by atoms with Gasteiger partial charge < -0.3 is 0 Å². The van der Waals surface area contributed by atoms with Gasteiger partial charge in [-0.05, 0) is 52.7 Å². The molecule has 3 saturated heterocycles. The number of aryl methyl sites for hydroxylation is 3. The van der Waals surface area contributed by atoms with E-state index < -0.39 is 12.0 Å². The van der Waals surface area contributed by atoms with Gasteiger partial charge in [0.1, 0.15) is 6.04 Å². The van der Waals surface area contributed by atoms with Gasteiger partial charge in [0.05, 0.1) is 11.6 Å². The van der Waals surface area contributed by atoms with Crippen molar-refractivity contribution in [1.82, 2.24) is 10.0 Å². The van der Waals surface area contributed by atoms with Gasteiger partial charge in [-0.15, -0.1) is 0 Å². The number of carbonyl (C=O) groups is 3. The number of hydrogen-bond donors (Lipinski definition) is 0. The maximum Gasteiger partial charge on any atom is 0.259 e. The van der Waals surface area contributed by atoms with Crippen LogP contribution in [0.25, 0.3) is 0 Å². The van der Waals surface area contributed by atoms with Crippen molar-refractivity contribution in [2.24, 2.45) is 5.92 Å². The summed E-state index contributed by atoms with van der Waals surface area (Å²) >= 11 is 0. The minimum absolute atomic E-state index is 0.0744. The van der Waals surface area contributed by atoms with Crippen molar-refractivity contribution in [2.45, 2.75) is 65.6 Å². The summed E-state index contributed by atoms with van der Waals surface area (Å²) in [4.78, 5) is 40.6. The van der Waals surface area contributed by atoms with Crippen molar-refractivity contribution >= 4 is 23.4 Å². The van der Waals surface area contributed by atoms with Gasteiger partial charge in [-0.25, -0.2) is 9.91 Å². The highest BCUT2D eigenvalue weighted by Gasteiger charge is 2.66. The summed E-state index contributed by atoms with van der Waals surface area (Å²) in [7, 11) is 0. The normalized spacial score (nSPS) is 30.4. The van der Waals surface area contributed by atoms with E-state index in [0.717, 1.165) is 16.7 Å². The molecule has 3 fully saturated rings. The third kappa shape index (κ3) is 1.99. The van der Waals surface area contributed by atoms with Crippen LogP contribution in [0.4, 0.5) is 5.69 Å². The summed E-state index contributed by atoms with van der Waals surface area (Å²) in [5.41, 5.74) is 3.20. The summed E-state index contributed by atoms with van der Waals surface area (Å²) in [5.74, 6) is -1.06. The molecule has 0 bridgehead atoms. The van der Waals surface area contributed by atoms with Crippen LogP contribution in [0.15, 0.2) is 12.1 Å². The first-order valence-corrected chi connectivity index (χ1v) is 9.13. The summed E-state index contributed by atoms with van der Waals surface area (Å²) in [5, 5.41) is 3.51. The molecule has 0 saturated carbocycles. The number of amides is 3. The second-order valence-corrected chi connectivity index (χ2v) is 8.54. The molecule has 0 unspecified atom stereocenters. The Balaban J connectivity index is 1.81. The lowest BCUT2D eigenvalue weighted by molar-refractivity contribution is -0.146. The first-order valence-electron chi connectivity index (χ1n) is 9.13. The van der Waals surface area contributed by atoms with Crippen LogP contribution in [0.5, 0.6) is 0 Å². The van der Waals surface area contributed by atoms with E-state index in [1.165, 1.54) is 4.90 Å². The SMILES string of the molecule is Cc1cc(C)c(N2C(=O)[C@@H]3[C@H](C2=O)N2C(=O)CC(C)(C)N2[C@H]3C)c(C)c1. The van der Waals surface area contributed by atoms with E-state index in [1.54, 1.807) is 5.01 Å². The molecule has 3 atom stereocenters. The molecule has 6 nitrogen and oxygen atoms in total. The molecule has 0 spiro atoms. The van der Waals surface area contributed by atoms with Crippen molar-refractivity contribution in [2.75, 3.05) is 4.90 Å². The lowest BCUT2D eigenvalue weighted by Gasteiger charge is -2.36. The number of carbonyl (C=O) groups excluding carboxylic acids is 3. The van der Waals surface area contributed by atoms with Crippen LogP contribution >= 0.6 is 0 Å². The van der Waals surface area contributed by atoms with Crippen molar-refractivity contribution in [3.63, 3.8) is 0 Å². The standard InChI is InChI=1S/C20H25N3O3/c1-10-7-11(2)16(12(3)8-10)21-18(25)15-13(4)23-20(5,6)9-14(24)22(23)17(15)19(21)26/h7-8,13,15,17H,9H2,1-6H3/t13-,15-,17+/m0/s1. The van der Waals surface area contributed by atoms with Gasteiger partial charge in [0, 0.05) is 18.0 Å². The Morgan fingerprint density at radius 3 is 2.15 bits per heavy atom. The Hall–Kier alpha value is -2.21. The summed E-state index contributed by atoms with van der Waals surface area (Å²) < 4.78 is 0. The average molecular weight is 355 g/mol. The molecule has 138 valence electrons. The zero-order chi connectivity index (χ0) is 19.1. The number of imide groups is 1. The predicted molar refractivity (Wildman–Crippen MR) is 97.3 cm³/mol. The number of hydrogen-bond acceptors (Lipinski definition) is 4. The molecular weight excluding hydrogens is 330 g/mol. The van der Waals surface area contributed by atoms with Crippen molar-refractivity contribution in [3.8, 4) is 0 Å². The van der Waals surface area contributed by atoms with Crippen LogP contribution in [0.1, 0.15) is 43.9 Å². The lowest BCUT2D eigenvalue weighted by Crippen LogP contribution is -2.51. The molecule has 3 amide bonds. The number of hydrazine groups is 1. The Morgan fingerprint density at radius 2 is 1.58 bits per heavy atom. The first kappa shape index (κ1) is 17.2. The fourth-order valence-corrected chi connectivity index (χ4v) is 5.28. The highest BCUT2D eigenvalue weighted by molar-refractivity contribution is 6.25. The summed E-state index contributed by atoms with van der Waals surface area (Å²) in [6.45, 7) is 11.8. The lowest BCUT2D eigenvalue weighted by atomic mass is 9.92. The second kappa shape index (κ2) is 5.16. The number of anilines is 1. The van der Waals surface area contributed by atoms with Crippen LogP contribution in [0.3, 0.4) is 0 Å². The number of nitrogens with zero attached hydrogens (tertiary/aromatic N) is 3. The minimum atomic E-state index is -0.716. The van der Waals surface area contributed by atoms with Gasteiger partial charge in [0.15, 0.2) is 0 Å². The second-order valence-electron chi connectivity index (χ2n) is 8.54. The molecule has 6 heteroatoms. The quantitative estimate of drug-likeness (QED) is 0.724. The van der Waals surface area contributed by atoms with Gasteiger partial charge in [-0.3, -0.25) is 19.4 Å². The topological polar surface area (TPSA) is 60.9 Å². The molecular formula is C20H25N3O3. The van der Waals surface area contributed by atoms with Gasteiger partial charge in [0.25, 0.3) is 5.91 Å². The fourth-order valence-electron chi connectivity index (χ4n) is 5.28. The number of fused-ring (bicyclic) bond motifs is 3. The van der Waals surface area contributed by atoms with E-state index in [9.17, 15) is 14.4 Å². The molecule has 1 aromatic rings. The maximum atomic E-state index is 13.3. The molecule has 0 aromatic heterocycles. The van der Waals surface area contributed by atoms with E-state index >= 15 is 0 Å². The van der Waals surface area contributed by atoms with E-state index in [0.29, 0.717) is 12.1 Å². The first-order chi connectivity index (χ1) is 12.1. The Kier molecular flexibility index (Phi) is 3.42. The molecule has 0 aliphatic carbocycles. The van der Waals surface area contributed by atoms with Crippen LogP contribution in [0, 0.1) is 26.7 Å². The zero-order valence-electron chi connectivity index (χ0n) is 16.2. The molecule has 3 aliphatic rings. The Morgan fingerprint density at radius 1 is 1.00 bits per heavy atom. The third-order valence-electron chi connectivity index (χ3n) is 6.04. The molecule has 4 rings (SSSR count). The van der Waals surface area contributed by atoms with Crippen LogP contribution in [-0.2, 0) is 14.4 Å². The summed E-state index contributed by atoms with van der Waals surface area (Å²) in [6, 6.07) is 3.06. The highest BCUT2D eigenvalue weighted by Crippen LogP contribution is 2.48. The van der Waals surface area contributed by atoms with E-state index in [1.807, 2.05) is 58.7 Å². The van der Waals surface area contributed by atoms with E-state index in [-0.39, 0.29) is 29.3 Å². The Bertz CT molecular complexity index is 837. The molecule has 0 radical (unpaired) electrons. The molecule has 3 heterocycles. The van der Waals surface area contributed by atoms with Crippen molar-refractivity contribution < 1.29 is 14.4 Å². The fraction of sp³-hybridized carbons (Fsp3) is 0.550. The highest BCUT2D eigenvalue weighted by atomic mass is 16.2. The maximum absolute atomic E-state index is 13.3. The number of benzene rings is 1. The predicted octanol–water partition coefficient (Wildman–Crippen LogP) is 2.10. The van der Waals surface area contributed by atoms with Crippen molar-refractivity contribution in [3.05, 3.63) is 28.8 Å². The van der Waals surface area contributed by atoms with E-state index in [4.69, 9.17) is 0 Å². The molecule has 1 aromatic carbocycles.